The van der Waals surface area contributed by atoms with Gasteiger partial charge in [-0.3, -0.25) is 4.79 Å². The number of anilines is 1. The molecule has 30 heavy (non-hydrogen) atoms. The zero-order chi connectivity index (χ0) is 21.3. The topological polar surface area (TPSA) is 85.3 Å². The number of carbonyl (C=O) groups excluding carboxylic acids is 1. The van der Waals surface area contributed by atoms with Crippen LogP contribution in [0.2, 0.25) is 0 Å². The van der Waals surface area contributed by atoms with Crippen LogP contribution in [-0.2, 0) is 21.1 Å². The van der Waals surface area contributed by atoms with Crippen LogP contribution >= 0.6 is 11.8 Å². The summed E-state index contributed by atoms with van der Waals surface area (Å²) in [6, 6.07) is 14.4. The van der Waals surface area contributed by atoms with E-state index in [1.807, 2.05) is 35.2 Å². The Balaban J connectivity index is 1.72. The van der Waals surface area contributed by atoms with Crippen molar-refractivity contribution in [1.82, 2.24) is 0 Å². The van der Waals surface area contributed by atoms with E-state index in [2.05, 4.69) is 4.99 Å². The van der Waals surface area contributed by atoms with E-state index in [1.54, 1.807) is 32.4 Å². The molecule has 0 radical (unpaired) electrons. The van der Waals surface area contributed by atoms with Crippen molar-refractivity contribution in [3.63, 3.8) is 0 Å². The van der Waals surface area contributed by atoms with Gasteiger partial charge >= 0.3 is 0 Å². The van der Waals surface area contributed by atoms with Gasteiger partial charge < -0.3 is 14.4 Å². The Morgan fingerprint density at radius 3 is 2.60 bits per heavy atom. The number of hydrogen-bond donors (Lipinski definition) is 0. The quantitative estimate of drug-likeness (QED) is 0.698. The molecule has 2 saturated heterocycles. The first kappa shape index (κ1) is 20.7. The molecule has 4 rings (SSSR count). The van der Waals surface area contributed by atoms with Gasteiger partial charge in [0, 0.05) is 11.3 Å². The molecule has 0 aromatic heterocycles. The SMILES string of the molecule is COc1ccc(OC)c(N2C(=NC(=O)Cc3ccccc3)SC3CS(=O)(=O)CC32)c1. The molecule has 0 saturated carbocycles. The molecule has 2 aromatic carbocycles. The van der Waals surface area contributed by atoms with Crippen LogP contribution in [0, 0.1) is 0 Å². The summed E-state index contributed by atoms with van der Waals surface area (Å²) in [5.74, 6) is 0.964. The van der Waals surface area contributed by atoms with Gasteiger partial charge in [-0.2, -0.15) is 4.99 Å². The number of methoxy groups -OCH3 is 2. The average Bonchev–Trinajstić information content (AvgIpc) is 3.18. The van der Waals surface area contributed by atoms with Crippen LogP contribution < -0.4 is 14.4 Å². The Kier molecular flexibility index (Phi) is 5.75. The third-order valence-electron chi connectivity index (χ3n) is 5.13. The lowest BCUT2D eigenvalue weighted by Crippen LogP contribution is -2.38. The largest absolute Gasteiger partial charge is 0.497 e. The van der Waals surface area contributed by atoms with Crippen LogP contribution in [-0.4, -0.2) is 56.5 Å². The number of sulfone groups is 1. The maximum absolute atomic E-state index is 12.7. The van der Waals surface area contributed by atoms with E-state index in [1.165, 1.54) is 11.8 Å². The fourth-order valence-corrected chi connectivity index (χ4v) is 7.67. The Hall–Kier alpha value is -2.52. The van der Waals surface area contributed by atoms with Gasteiger partial charge in [-0.05, 0) is 17.7 Å². The van der Waals surface area contributed by atoms with Gasteiger partial charge in [0.15, 0.2) is 15.0 Å². The second-order valence-electron chi connectivity index (χ2n) is 7.16. The smallest absolute Gasteiger partial charge is 0.252 e. The van der Waals surface area contributed by atoms with Gasteiger partial charge in [0.2, 0.25) is 0 Å². The Morgan fingerprint density at radius 2 is 1.90 bits per heavy atom. The van der Waals surface area contributed by atoms with Crippen molar-refractivity contribution >= 4 is 38.4 Å². The van der Waals surface area contributed by atoms with Crippen molar-refractivity contribution in [3.8, 4) is 11.5 Å². The second-order valence-corrected chi connectivity index (χ2v) is 10.5. The molecule has 0 aliphatic carbocycles. The highest BCUT2D eigenvalue weighted by Gasteiger charge is 2.50. The molecule has 1 amide bonds. The summed E-state index contributed by atoms with van der Waals surface area (Å²) in [5, 5.41) is 0.307. The number of amidine groups is 1. The normalized spacial score (nSPS) is 23.4. The van der Waals surface area contributed by atoms with Crippen LogP contribution in [0.15, 0.2) is 53.5 Å². The zero-order valence-corrected chi connectivity index (χ0v) is 18.3. The maximum Gasteiger partial charge on any atom is 0.252 e. The van der Waals surface area contributed by atoms with Crippen LogP contribution in [0.5, 0.6) is 11.5 Å². The van der Waals surface area contributed by atoms with E-state index in [0.717, 1.165) is 5.56 Å². The number of fused-ring (bicyclic) bond motifs is 1. The van der Waals surface area contributed by atoms with E-state index in [-0.39, 0.29) is 35.1 Å². The molecule has 0 spiro atoms. The second kappa shape index (κ2) is 8.31. The molecular weight excluding hydrogens is 424 g/mol. The number of ether oxygens (including phenoxy) is 2. The van der Waals surface area contributed by atoms with Crippen LogP contribution in [0.1, 0.15) is 5.56 Å². The first-order valence-electron chi connectivity index (χ1n) is 9.44. The van der Waals surface area contributed by atoms with Crippen molar-refractivity contribution in [1.29, 1.82) is 0 Å². The van der Waals surface area contributed by atoms with Gasteiger partial charge in [-0.15, -0.1) is 0 Å². The van der Waals surface area contributed by atoms with Crippen molar-refractivity contribution in [2.24, 2.45) is 4.99 Å². The molecule has 2 unspecified atom stereocenters. The molecule has 158 valence electrons. The number of amides is 1. The lowest BCUT2D eigenvalue weighted by Gasteiger charge is -2.26. The van der Waals surface area contributed by atoms with E-state index in [4.69, 9.17) is 9.47 Å². The molecular formula is C21H22N2O5S2. The van der Waals surface area contributed by atoms with E-state index < -0.39 is 9.84 Å². The summed E-state index contributed by atoms with van der Waals surface area (Å²) in [6.07, 6.45) is 0.182. The summed E-state index contributed by atoms with van der Waals surface area (Å²) < 4.78 is 35.4. The minimum Gasteiger partial charge on any atom is -0.497 e. The van der Waals surface area contributed by atoms with Gasteiger partial charge in [0.05, 0.1) is 43.9 Å². The monoisotopic (exact) mass is 446 g/mol. The van der Waals surface area contributed by atoms with Gasteiger partial charge in [0.1, 0.15) is 11.5 Å². The highest BCUT2D eigenvalue weighted by molar-refractivity contribution is 8.16. The first-order valence-corrected chi connectivity index (χ1v) is 12.1. The van der Waals surface area contributed by atoms with E-state index >= 15 is 0 Å². The molecule has 2 aromatic rings. The average molecular weight is 447 g/mol. The summed E-state index contributed by atoms with van der Waals surface area (Å²) in [4.78, 5) is 18.9. The molecule has 2 atom stereocenters. The molecule has 7 nitrogen and oxygen atoms in total. The van der Waals surface area contributed by atoms with E-state index in [9.17, 15) is 13.2 Å². The lowest BCUT2D eigenvalue weighted by molar-refractivity contribution is -0.117. The first-order chi connectivity index (χ1) is 14.4. The summed E-state index contributed by atoms with van der Waals surface area (Å²) >= 11 is 1.34. The van der Waals surface area contributed by atoms with Crippen molar-refractivity contribution in [2.75, 3.05) is 30.6 Å². The minimum absolute atomic E-state index is 0.0108. The van der Waals surface area contributed by atoms with Crippen molar-refractivity contribution < 1.29 is 22.7 Å². The Labute approximate surface area is 180 Å². The number of benzene rings is 2. The van der Waals surface area contributed by atoms with Crippen molar-refractivity contribution in [2.45, 2.75) is 17.7 Å². The van der Waals surface area contributed by atoms with Crippen LogP contribution in [0.4, 0.5) is 5.69 Å². The van der Waals surface area contributed by atoms with Crippen molar-refractivity contribution in [3.05, 3.63) is 54.1 Å². The summed E-state index contributed by atoms with van der Waals surface area (Å²) in [5.41, 5.74) is 1.52. The predicted octanol–water partition coefficient (Wildman–Crippen LogP) is 2.55. The third-order valence-corrected chi connectivity index (χ3v) is 8.34. The highest BCUT2D eigenvalue weighted by atomic mass is 32.2. The zero-order valence-electron chi connectivity index (χ0n) is 16.6. The molecule has 2 aliphatic rings. The number of aliphatic imine (C=N–C) groups is 1. The molecule has 2 fully saturated rings. The third kappa shape index (κ3) is 4.17. The standard InChI is InChI=1S/C21H22N2O5S2/c1-27-15-8-9-18(28-2)16(11-15)23-17-12-30(25,26)13-19(17)29-21(23)22-20(24)10-14-6-4-3-5-7-14/h3-9,11,17,19H,10,12-13H2,1-2H3. The predicted molar refractivity (Wildman–Crippen MR) is 118 cm³/mol. The number of rotatable bonds is 5. The fraction of sp³-hybridized carbons (Fsp3) is 0.333. The number of carbonyl (C=O) groups is 1. The van der Waals surface area contributed by atoms with E-state index in [0.29, 0.717) is 22.4 Å². The molecule has 2 aliphatic heterocycles. The van der Waals surface area contributed by atoms with Gasteiger partial charge in [-0.25, -0.2) is 8.42 Å². The molecule has 2 heterocycles. The van der Waals surface area contributed by atoms with Gasteiger partial charge in [-0.1, -0.05) is 42.1 Å². The fourth-order valence-electron chi connectivity index (χ4n) is 3.75. The Morgan fingerprint density at radius 1 is 1.13 bits per heavy atom. The molecule has 9 heteroatoms. The highest BCUT2D eigenvalue weighted by Crippen LogP contribution is 2.45. The summed E-state index contributed by atoms with van der Waals surface area (Å²) in [6.45, 7) is 0. The van der Waals surface area contributed by atoms with Crippen LogP contribution in [0.25, 0.3) is 0 Å². The minimum atomic E-state index is -3.16. The Bertz CT molecular complexity index is 1090. The number of thioether (sulfide) groups is 1. The summed E-state index contributed by atoms with van der Waals surface area (Å²) in [7, 11) is -0.0452. The molecule has 0 bridgehead atoms. The van der Waals surface area contributed by atoms with Gasteiger partial charge in [0.25, 0.3) is 5.91 Å². The van der Waals surface area contributed by atoms with Crippen LogP contribution in [0.3, 0.4) is 0 Å². The molecule has 0 N–H and O–H groups in total. The number of hydrogen-bond acceptors (Lipinski definition) is 6. The number of nitrogens with zero attached hydrogens (tertiary/aromatic N) is 2. The maximum atomic E-state index is 12.7. The lowest BCUT2D eigenvalue weighted by atomic mass is 10.1.